The van der Waals surface area contributed by atoms with E-state index in [1.54, 1.807) is 13.3 Å². The van der Waals surface area contributed by atoms with Crippen molar-refractivity contribution in [1.82, 2.24) is 10.3 Å². The molecular weight excluding hydrogens is 214 g/mol. The first kappa shape index (κ1) is 13.9. The Kier molecular flexibility index (Phi) is 4.90. The van der Waals surface area contributed by atoms with Crippen LogP contribution in [-0.2, 0) is 11.3 Å². The molecule has 0 aliphatic heterocycles. The minimum atomic E-state index is -0.104. The van der Waals surface area contributed by atoms with Crippen molar-refractivity contribution in [2.45, 2.75) is 45.4 Å². The van der Waals surface area contributed by atoms with Gasteiger partial charge in [-0.25, -0.2) is 4.98 Å². The van der Waals surface area contributed by atoms with E-state index in [0.29, 0.717) is 11.9 Å². The molecule has 0 unspecified atom stereocenters. The highest BCUT2D eigenvalue weighted by Crippen LogP contribution is 2.16. The molecule has 0 radical (unpaired) electrons. The molecule has 0 spiro atoms. The van der Waals surface area contributed by atoms with Crippen LogP contribution in [0.25, 0.3) is 0 Å². The summed E-state index contributed by atoms with van der Waals surface area (Å²) < 4.78 is 5.41. The average molecular weight is 237 g/mol. The van der Waals surface area contributed by atoms with Crippen molar-refractivity contribution < 1.29 is 4.74 Å². The van der Waals surface area contributed by atoms with Gasteiger partial charge in [-0.05, 0) is 33.3 Å². The molecule has 4 nitrogen and oxygen atoms in total. The monoisotopic (exact) mass is 237 g/mol. The van der Waals surface area contributed by atoms with Crippen LogP contribution in [0.2, 0.25) is 0 Å². The number of methoxy groups -OCH3 is 1. The predicted molar refractivity (Wildman–Crippen MR) is 70.7 cm³/mol. The maximum Gasteiger partial charge on any atom is 0.127 e. The molecule has 1 heterocycles. The number of hydrogen-bond acceptors (Lipinski definition) is 4. The highest BCUT2D eigenvalue weighted by Gasteiger charge is 2.19. The molecular formula is C13H23N3O. The molecule has 0 aliphatic rings. The summed E-state index contributed by atoms with van der Waals surface area (Å²) in [6.45, 7) is 7.06. The number of ether oxygens (including phenoxy) is 1. The normalized spacial score (nSPS) is 13.6. The first-order valence-corrected chi connectivity index (χ1v) is 5.92. The third-order valence-corrected chi connectivity index (χ3v) is 2.92. The molecule has 17 heavy (non-hydrogen) atoms. The Labute approximate surface area is 104 Å². The smallest absolute Gasteiger partial charge is 0.127 e. The summed E-state index contributed by atoms with van der Waals surface area (Å²) in [7, 11) is 1.74. The number of nitrogens with zero attached hydrogens (tertiary/aromatic N) is 1. The van der Waals surface area contributed by atoms with E-state index in [-0.39, 0.29) is 5.60 Å². The van der Waals surface area contributed by atoms with Crippen molar-refractivity contribution in [3.8, 4) is 0 Å². The lowest BCUT2D eigenvalue weighted by molar-refractivity contribution is 0.00845. The zero-order valence-electron chi connectivity index (χ0n) is 11.2. The third-order valence-electron chi connectivity index (χ3n) is 2.92. The van der Waals surface area contributed by atoms with Crippen molar-refractivity contribution in [3.63, 3.8) is 0 Å². The first-order valence-electron chi connectivity index (χ1n) is 5.92. The maximum absolute atomic E-state index is 5.78. The standard InChI is InChI=1S/C13H23N3O/c1-10(8-13(2,3)17-4)16-9-11-6-5-7-15-12(11)14/h5-7,10,16H,8-9H2,1-4H3,(H2,14,15)/t10-/m0/s1. The number of anilines is 1. The fourth-order valence-electron chi connectivity index (χ4n) is 1.78. The number of nitrogens with two attached hydrogens (primary N) is 1. The van der Waals surface area contributed by atoms with Crippen LogP contribution in [0.1, 0.15) is 32.8 Å². The van der Waals surface area contributed by atoms with Crippen LogP contribution >= 0.6 is 0 Å². The quantitative estimate of drug-likeness (QED) is 0.794. The molecule has 0 bridgehead atoms. The van der Waals surface area contributed by atoms with Gasteiger partial charge in [-0.2, -0.15) is 0 Å². The van der Waals surface area contributed by atoms with Gasteiger partial charge in [0, 0.05) is 31.5 Å². The van der Waals surface area contributed by atoms with E-state index in [2.05, 4.69) is 31.1 Å². The highest BCUT2D eigenvalue weighted by molar-refractivity contribution is 5.38. The Balaban J connectivity index is 2.44. The van der Waals surface area contributed by atoms with Crippen LogP contribution in [0, 0.1) is 0 Å². The van der Waals surface area contributed by atoms with E-state index in [9.17, 15) is 0 Å². The zero-order chi connectivity index (χ0) is 12.9. The molecule has 0 fully saturated rings. The zero-order valence-corrected chi connectivity index (χ0v) is 11.2. The first-order chi connectivity index (χ1) is 7.94. The third kappa shape index (κ3) is 4.71. The van der Waals surface area contributed by atoms with Crippen LogP contribution < -0.4 is 11.1 Å². The second-order valence-electron chi connectivity index (χ2n) is 5.00. The van der Waals surface area contributed by atoms with Crippen LogP contribution in [0.4, 0.5) is 5.82 Å². The number of hydrogen-bond donors (Lipinski definition) is 2. The Morgan fingerprint density at radius 1 is 1.53 bits per heavy atom. The van der Waals surface area contributed by atoms with E-state index in [0.717, 1.165) is 18.5 Å². The fraction of sp³-hybridized carbons (Fsp3) is 0.615. The van der Waals surface area contributed by atoms with E-state index < -0.39 is 0 Å². The summed E-state index contributed by atoms with van der Waals surface area (Å²) in [6, 6.07) is 4.25. The van der Waals surface area contributed by atoms with Gasteiger partial charge in [-0.3, -0.25) is 0 Å². The van der Waals surface area contributed by atoms with Crippen molar-refractivity contribution >= 4 is 5.82 Å². The summed E-state index contributed by atoms with van der Waals surface area (Å²) in [6.07, 6.45) is 2.65. The van der Waals surface area contributed by atoms with E-state index in [4.69, 9.17) is 10.5 Å². The molecule has 96 valence electrons. The molecule has 0 saturated carbocycles. The highest BCUT2D eigenvalue weighted by atomic mass is 16.5. The molecule has 4 heteroatoms. The SMILES string of the molecule is COC(C)(C)C[C@H](C)NCc1cccnc1N. The average Bonchev–Trinajstić information content (AvgIpc) is 2.27. The molecule has 1 aromatic heterocycles. The summed E-state index contributed by atoms with van der Waals surface area (Å²) in [4.78, 5) is 4.06. The lowest BCUT2D eigenvalue weighted by Gasteiger charge is -2.27. The minimum absolute atomic E-state index is 0.104. The number of nitrogen functional groups attached to an aromatic ring is 1. The topological polar surface area (TPSA) is 60.2 Å². The minimum Gasteiger partial charge on any atom is -0.383 e. The number of nitrogens with one attached hydrogen (secondary N) is 1. The molecule has 0 saturated heterocycles. The van der Waals surface area contributed by atoms with Gasteiger partial charge in [0.15, 0.2) is 0 Å². The Bertz CT molecular complexity index is 352. The van der Waals surface area contributed by atoms with Crippen molar-refractivity contribution in [2.24, 2.45) is 0 Å². The van der Waals surface area contributed by atoms with Gasteiger partial charge in [-0.1, -0.05) is 6.07 Å². The van der Waals surface area contributed by atoms with E-state index in [1.807, 2.05) is 12.1 Å². The summed E-state index contributed by atoms with van der Waals surface area (Å²) >= 11 is 0. The lowest BCUT2D eigenvalue weighted by atomic mass is 10.00. The van der Waals surface area contributed by atoms with Crippen LogP contribution in [0.3, 0.4) is 0 Å². The van der Waals surface area contributed by atoms with Crippen LogP contribution in [-0.4, -0.2) is 23.7 Å². The largest absolute Gasteiger partial charge is 0.383 e. The molecule has 1 atom stereocenters. The van der Waals surface area contributed by atoms with Crippen molar-refractivity contribution in [2.75, 3.05) is 12.8 Å². The summed E-state index contributed by atoms with van der Waals surface area (Å²) in [5, 5.41) is 3.43. The maximum atomic E-state index is 5.78. The van der Waals surface area contributed by atoms with Crippen LogP contribution in [0.5, 0.6) is 0 Å². The number of rotatable bonds is 6. The summed E-state index contributed by atoms with van der Waals surface area (Å²) in [5.41, 5.74) is 6.72. The van der Waals surface area contributed by atoms with Crippen molar-refractivity contribution in [1.29, 1.82) is 0 Å². The Morgan fingerprint density at radius 2 is 2.24 bits per heavy atom. The van der Waals surface area contributed by atoms with E-state index >= 15 is 0 Å². The van der Waals surface area contributed by atoms with E-state index in [1.165, 1.54) is 0 Å². The molecule has 0 amide bonds. The number of aromatic nitrogens is 1. The van der Waals surface area contributed by atoms with Gasteiger partial charge in [0.25, 0.3) is 0 Å². The van der Waals surface area contributed by atoms with Crippen molar-refractivity contribution in [3.05, 3.63) is 23.9 Å². The Morgan fingerprint density at radius 3 is 2.82 bits per heavy atom. The molecule has 1 aromatic rings. The van der Waals surface area contributed by atoms with Gasteiger partial charge in [0.2, 0.25) is 0 Å². The van der Waals surface area contributed by atoms with Gasteiger partial charge >= 0.3 is 0 Å². The van der Waals surface area contributed by atoms with Crippen LogP contribution in [0.15, 0.2) is 18.3 Å². The van der Waals surface area contributed by atoms with Gasteiger partial charge < -0.3 is 15.8 Å². The second-order valence-corrected chi connectivity index (χ2v) is 5.00. The van der Waals surface area contributed by atoms with Gasteiger partial charge in [0.05, 0.1) is 5.60 Å². The lowest BCUT2D eigenvalue weighted by Crippen LogP contribution is -2.35. The predicted octanol–water partition coefficient (Wildman–Crippen LogP) is 1.96. The number of pyridine rings is 1. The summed E-state index contributed by atoms with van der Waals surface area (Å²) in [5.74, 6) is 0.596. The Hall–Kier alpha value is -1.13. The molecule has 3 N–H and O–H groups in total. The molecule has 0 aliphatic carbocycles. The second kappa shape index (κ2) is 5.98. The molecule has 1 rings (SSSR count). The van der Waals surface area contributed by atoms with Gasteiger partial charge in [-0.15, -0.1) is 0 Å². The molecule has 0 aromatic carbocycles. The van der Waals surface area contributed by atoms with Gasteiger partial charge in [0.1, 0.15) is 5.82 Å². The fourth-order valence-corrected chi connectivity index (χ4v) is 1.78.